The number of hydrogen-bond donors (Lipinski definition) is 0. The fourth-order valence-corrected chi connectivity index (χ4v) is 4.12. The molecule has 0 saturated heterocycles. The molecule has 1 aliphatic carbocycles. The zero-order valence-electron chi connectivity index (χ0n) is 15.4. The highest BCUT2D eigenvalue weighted by molar-refractivity contribution is 6.11. The SMILES string of the molecule is CCC(F)CCn1cc(C(=O)C2C(C)(C)C2(C)C)c2ccccc21. The van der Waals surface area contributed by atoms with Crippen molar-refractivity contribution in [3.8, 4) is 0 Å². The summed E-state index contributed by atoms with van der Waals surface area (Å²) in [5.41, 5.74) is 1.88. The molecular weight excluding hydrogens is 301 g/mol. The Bertz CT molecular complexity index is 757. The second-order valence-electron chi connectivity index (χ2n) is 8.29. The molecule has 0 spiro atoms. The highest BCUT2D eigenvalue weighted by Gasteiger charge is 2.68. The standard InChI is InChI=1S/C21H28FNO/c1-6-14(22)11-12-23-13-16(15-9-7-8-10-17(15)23)18(24)19-20(2,3)21(19,4)5/h7-10,13-14,19H,6,11-12H2,1-5H3. The van der Waals surface area contributed by atoms with Crippen LogP contribution in [0.5, 0.6) is 0 Å². The van der Waals surface area contributed by atoms with Crippen molar-refractivity contribution in [1.29, 1.82) is 0 Å². The van der Waals surface area contributed by atoms with Gasteiger partial charge in [-0.25, -0.2) is 4.39 Å². The average Bonchev–Trinajstić information content (AvgIpc) is 2.84. The number of alkyl halides is 1. The molecule has 0 aliphatic heterocycles. The van der Waals surface area contributed by atoms with E-state index in [1.54, 1.807) is 0 Å². The van der Waals surface area contributed by atoms with Crippen molar-refractivity contribution >= 4 is 16.7 Å². The molecule has 1 saturated carbocycles. The largest absolute Gasteiger partial charge is 0.347 e. The van der Waals surface area contributed by atoms with E-state index in [0.29, 0.717) is 19.4 Å². The van der Waals surface area contributed by atoms with Crippen LogP contribution >= 0.6 is 0 Å². The number of Topliss-reactive ketones (excluding diaryl/α,β-unsaturated/α-hetero) is 1. The van der Waals surface area contributed by atoms with Gasteiger partial charge in [-0.05, 0) is 29.7 Å². The molecule has 1 heterocycles. The monoisotopic (exact) mass is 329 g/mol. The Morgan fingerprint density at radius 1 is 1.21 bits per heavy atom. The number of rotatable bonds is 6. The lowest BCUT2D eigenvalue weighted by atomic mass is 10.0. The summed E-state index contributed by atoms with van der Waals surface area (Å²) < 4.78 is 15.7. The van der Waals surface area contributed by atoms with E-state index in [9.17, 15) is 9.18 Å². The molecular formula is C21H28FNO. The number of hydrogen-bond acceptors (Lipinski definition) is 1. The molecule has 1 aromatic carbocycles. The van der Waals surface area contributed by atoms with E-state index in [4.69, 9.17) is 0 Å². The van der Waals surface area contributed by atoms with Gasteiger partial charge in [-0.15, -0.1) is 0 Å². The van der Waals surface area contributed by atoms with Crippen LogP contribution < -0.4 is 0 Å². The minimum absolute atomic E-state index is 0.0273. The molecule has 1 aromatic heterocycles. The number of ketones is 1. The third-order valence-corrected chi connectivity index (χ3v) is 6.46. The Balaban J connectivity index is 1.96. The third kappa shape index (κ3) is 2.49. The van der Waals surface area contributed by atoms with E-state index in [1.165, 1.54) is 0 Å². The van der Waals surface area contributed by atoms with Crippen molar-refractivity contribution in [3.63, 3.8) is 0 Å². The molecule has 0 radical (unpaired) electrons. The van der Waals surface area contributed by atoms with Gasteiger partial charge in [0.05, 0.1) is 0 Å². The van der Waals surface area contributed by atoms with Crippen LogP contribution in [-0.2, 0) is 6.54 Å². The molecule has 0 N–H and O–H groups in total. The van der Waals surface area contributed by atoms with Gasteiger partial charge in [0.2, 0.25) is 0 Å². The van der Waals surface area contributed by atoms with Crippen LogP contribution in [0.1, 0.15) is 57.8 Å². The van der Waals surface area contributed by atoms with E-state index >= 15 is 0 Å². The summed E-state index contributed by atoms with van der Waals surface area (Å²) in [5, 5.41) is 0.993. The first-order valence-corrected chi connectivity index (χ1v) is 8.98. The van der Waals surface area contributed by atoms with Crippen molar-refractivity contribution in [2.45, 2.75) is 60.2 Å². The van der Waals surface area contributed by atoms with Crippen molar-refractivity contribution < 1.29 is 9.18 Å². The van der Waals surface area contributed by atoms with E-state index in [-0.39, 0.29) is 22.5 Å². The minimum Gasteiger partial charge on any atom is -0.347 e. The Kier molecular flexibility index (Phi) is 4.09. The van der Waals surface area contributed by atoms with Gasteiger partial charge in [0.1, 0.15) is 6.17 Å². The topological polar surface area (TPSA) is 22.0 Å². The summed E-state index contributed by atoms with van der Waals surface area (Å²) >= 11 is 0. The number of benzene rings is 1. The van der Waals surface area contributed by atoms with Crippen molar-refractivity contribution in [1.82, 2.24) is 4.57 Å². The number of halogens is 1. The summed E-state index contributed by atoms with van der Waals surface area (Å²) in [4.78, 5) is 13.2. The normalized spacial score (nSPS) is 20.2. The quantitative estimate of drug-likeness (QED) is 0.628. The lowest BCUT2D eigenvalue weighted by molar-refractivity contribution is 0.0946. The molecule has 0 bridgehead atoms. The number of carbonyl (C=O) groups excluding carboxylic acids is 1. The van der Waals surface area contributed by atoms with Crippen molar-refractivity contribution in [2.75, 3.05) is 0 Å². The molecule has 3 heteroatoms. The Labute approximate surface area is 144 Å². The van der Waals surface area contributed by atoms with Gasteiger partial charge < -0.3 is 4.57 Å². The van der Waals surface area contributed by atoms with Gasteiger partial charge in [-0.3, -0.25) is 4.79 Å². The van der Waals surface area contributed by atoms with E-state index in [0.717, 1.165) is 16.5 Å². The smallest absolute Gasteiger partial charge is 0.169 e. The third-order valence-electron chi connectivity index (χ3n) is 6.46. The first kappa shape index (κ1) is 17.2. The van der Waals surface area contributed by atoms with E-state index < -0.39 is 6.17 Å². The van der Waals surface area contributed by atoms with Gasteiger partial charge >= 0.3 is 0 Å². The molecule has 130 valence electrons. The molecule has 1 fully saturated rings. The number of carbonyl (C=O) groups is 1. The predicted molar refractivity (Wildman–Crippen MR) is 97.1 cm³/mol. The molecule has 2 aromatic rings. The van der Waals surface area contributed by atoms with E-state index in [2.05, 4.69) is 27.7 Å². The minimum atomic E-state index is -0.786. The highest BCUT2D eigenvalue weighted by Crippen LogP contribution is 2.69. The van der Waals surface area contributed by atoms with Gasteiger partial charge in [-0.1, -0.05) is 52.8 Å². The fraction of sp³-hybridized carbons (Fsp3) is 0.571. The predicted octanol–water partition coefficient (Wildman–Crippen LogP) is 5.64. The van der Waals surface area contributed by atoms with Crippen LogP contribution in [-0.4, -0.2) is 16.5 Å². The molecule has 1 aliphatic rings. The zero-order valence-corrected chi connectivity index (χ0v) is 15.4. The molecule has 24 heavy (non-hydrogen) atoms. The lowest BCUT2D eigenvalue weighted by Gasteiger charge is -2.07. The molecule has 1 atom stereocenters. The highest BCUT2D eigenvalue weighted by atomic mass is 19.1. The second-order valence-corrected chi connectivity index (χ2v) is 8.29. The maximum Gasteiger partial charge on any atom is 0.169 e. The van der Waals surface area contributed by atoms with Crippen LogP contribution in [0.4, 0.5) is 4.39 Å². The van der Waals surface area contributed by atoms with Crippen LogP contribution in [0.25, 0.3) is 10.9 Å². The number of para-hydroxylation sites is 1. The first-order valence-electron chi connectivity index (χ1n) is 8.98. The van der Waals surface area contributed by atoms with Gasteiger partial charge in [0, 0.05) is 35.1 Å². The van der Waals surface area contributed by atoms with Crippen LogP contribution in [0.15, 0.2) is 30.5 Å². The average molecular weight is 329 g/mol. The molecule has 3 rings (SSSR count). The maximum atomic E-state index is 13.6. The summed E-state index contributed by atoms with van der Waals surface area (Å²) in [6.45, 7) is 11.2. The van der Waals surface area contributed by atoms with Crippen molar-refractivity contribution in [3.05, 3.63) is 36.0 Å². The van der Waals surface area contributed by atoms with Crippen LogP contribution in [0.2, 0.25) is 0 Å². The zero-order chi connectivity index (χ0) is 17.7. The lowest BCUT2D eigenvalue weighted by Crippen LogP contribution is -2.08. The van der Waals surface area contributed by atoms with Crippen LogP contribution in [0.3, 0.4) is 0 Å². The second kappa shape index (κ2) is 5.72. The Morgan fingerprint density at radius 2 is 1.83 bits per heavy atom. The first-order chi connectivity index (χ1) is 11.2. The van der Waals surface area contributed by atoms with E-state index in [1.807, 2.05) is 42.0 Å². The summed E-state index contributed by atoms with van der Waals surface area (Å²) in [6, 6.07) is 7.98. The maximum absolute atomic E-state index is 13.6. The summed E-state index contributed by atoms with van der Waals surface area (Å²) in [6.07, 6.45) is 2.19. The summed E-state index contributed by atoms with van der Waals surface area (Å²) in [7, 11) is 0. The van der Waals surface area contributed by atoms with Crippen LogP contribution in [0, 0.1) is 16.7 Å². The van der Waals surface area contributed by atoms with Gasteiger partial charge in [0.15, 0.2) is 5.78 Å². The Morgan fingerprint density at radius 3 is 2.42 bits per heavy atom. The van der Waals surface area contributed by atoms with Gasteiger partial charge in [0.25, 0.3) is 0 Å². The number of nitrogens with zero attached hydrogens (tertiary/aromatic N) is 1. The number of aryl methyl sites for hydroxylation is 1. The molecule has 0 amide bonds. The summed E-state index contributed by atoms with van der Waals surface area (Å²) in [5.74, 6) is 0.279. The number of fused-ring (bicyclic) bond motifs is 1. The number of aromatic nitrogens is 1. The molecule has 2 nitrogen and oxygen atoms in total. The van der Waals surface area contributed by atoms with Gasteiger partial charge in [-0.2, -0.15) is 0 Å². The Hall–Kier alpha value is -1.64. The fourth-order valence-electron chi connectivity index (χ4n) is 4.12. The van der Waals surface area contributed by atoms with Crippen molar-refractivity contribution in [2.24, 2.45) is 16.7 Å². The molecule has 1 unspecified atom stereocenters.